The van der Waals surface area contributed by atoms with Crippen molar-refractivity contribution in [2.24, 2.45) is 5.92 Å². The van der Waals surface area contributed by atoms with Crippen LogP contribution in [0.3, 0.4) is 0 Å². The van der Waals surface area contributed by atoms with Gasteiger partial charge in [0, 0.05) is 22.2 Å². The predicted octanol–water partition coefficient (Wildman–Crippen LogP) is 4.69. The predicted molar refractivity (Wildman–Crippen MR) is 108 cm³/mol. The number of rotatable bonds is 6. The molecule has 1 aromatic carbocycles. The van der Waals surface area contributed by atoms with Crippen LogP contribution < -0.4 is 16.0 Å². The van der Waals surface area contributed by atoms with Crippen molar-refractivity contribution in [3.8, 4) is 0 Å². The lowest BCUT2D eigenvalue weighted by Gasteiger charge is -2.24. The number of benzene rings is 1. The zero-order valence-electron chi connectivity index (χ0n) is 15.2. The summed E-state index contributed by atoms with van der Waals surface area (Å²) in [5.74, 6) is 0.453. The van der Waals surface area contributed by atoms with Crippen molar-refractivity contribution in [3.05, 3.63) is 52.2 Å². The number of anilines is 1. The largest absolute Gasteiger partial charge is 0.344 e. The topological polar surface area (TPSA) is 70.2 Å². The second kappa shape index (κ2) is 8.13. The fraction of sp³-hybridized carbons (Fsp3) is 0.429. The molecule has 0 bridgehead atoms. The molecule has 142 valence electrons. The van der Waals surface area contributed by atoms with Crippen LogP contribution in [0.5, 0.6) is 0 Å². The van der Waals surface area contributed by atoms with Crippen molar-refractivity contribution in [1.29, 1.82) is 0 Å². The molecule has 2 fully saturated rings. The van der Waals surface area contributed by atoms with Gasteiger partial charge < -0.3 is 16.0 Å². The molecule has 2 aliphatic rings. The molecule has 1 atom stereocenters. The van der Waals surface area contributed by atoms with E-state index < -0.39 is 0 Å². The summed E-state index contributed by atoms with van der Waals surface area (Å²) in [5.41, 5.74) is 1.30. The first-order valence-corrected chi connectivity index (χ1v) is 10.6. The molecule has 5 nitrogen and oxygen atoms in total. The van der Waals surface area contributed by atoms with Gasteiger partial charge in [0.05, 0.1) is 6.04 Å². The molecule has 0 radical (unpaired) electrons. The molecular formula is C21H25N3O2S. The highest BCUT2D eigenvalue weighted by Gasteiger charge is 2.28. The summed E-state index contributed by atoms with van der Waals surface area (Å²) in [4.78, 5) is 25.8. The highest BCUT2D eigenvalue weighted by atomic mass is 32.1. The van der Waals surface area contributed by atoms with E-state index in [1.54, 1.807) is 35.6 Å². The third kappa shape index (κ3) is 4.69. The van der Waals surface area contributed by atoms with Gasteiger partial charge in [-0.25, -0.2) is 4.79 Å². The lowest BCUT2D eigenvalue weighted by molar-refractivity contribution is 0.0923. The molecule has 6 heteroatoms. The van der Waals surface area contributed by atoms with Crippen molar-refractivity contribution >= 4 is 29.0 Å². The minimum atomic E-state index is -0.186. The summed E-state index contributed by atoms with van der Waals surface area (Å²) in [6, 6.07) is 11.5. The van der Waals surface area contributed by atoms with Crippen LogP contribution in [0, 0.1) is 5.92 Å². The van der Waals surface area contributed by atoms with Gasteiger partial charge in [0.2, 0.25) is 0 Å². The summed E-state index contributed by atoms with van der Waals surface area (Å²) in [5, 5.41) is 11.0. The molecule has 2 aromatic rings. The van der Waals surface area contributed by atoms with E-state index in [2.05, 4.69) is 27.4 Å². The van der Waals surface area contributed by atoms with E-state index in [4.69, 9.17) is 0 Å². The van der Waals surface area contributed by atoms with Crippen LogP contribution in [0.1, 0.15) is 59.8 Å². The first-order valence-electron chi connectivity index (χ1n) is 9.71. The molecule has 1 aromatic heterocycles. The number of carbonyl (C=O) groups excluding carboxylic acids is 2. The zero-order chi connectivity index (χ0) is 18.6. The van der Waals surface area contributed by atoms with Crippen LogP contribution in [0.25, 0.3) is 0 Å². The minimum Gasteiger partial charge on any atom is -0.344 e. The van der Waals surface area contributed by atoms with E-state index in [1.165, 1.54) is 30.6 Å². The Morgan fingerprint density at radius 1 is 1.00 bits per heavy atom. The van der Waals surface area contributed by atoms with Crippen molar-refractivity contribution in [2.75, 3.05) is 5.32 Å². The van der Waals surface area contributed by atoms with E-state index >= 15 is 0 Å². The van der Waals surface area contributed by atoms with Gasteiger partial charge in [0.15, 0.2) is 0 Å². The average Bonchev–Trinajstić information content (AvgIpc) is 3.14. The summed E-state index contributed by atoms with van der Waals surface area (Å²) < 4.78 is 0. The second-order valence-corrected chi connectivity index (χ2v) is 8.44. The van der Waals surface area contributed by atoms with Crippen molar-refractivity contribution in [1.82, 2.24) is 10.6 Å². The number of hydrogen-bond acceptors (Lipinski definition) is 3. The summed E-state index contributed by atoms with van der Waals surface area (Å²) >= 11 is 1.71. The lowest BCUT2D eigenvalue weighted by atomic mass is 9.96. The molecule has 0 aliphatic heterocycles. The number of thiophene rings is 1. The number of hydrogen-bond donors (Lipinski definition) is 3. The molecule has 2 aliphatic carbocycles. The van der Waals surface area contributed by atoms with Crippen LogP contribution in [-0.2, 0) is 0 Å². The first-order chi connectivity index (χ1) is 13.2. The van der Waals surface area contributed by atoms with Crippen LogP contribution >= 0.6 is 11.3 Å². The van der Waals surface area contributed by atoms with E-state index in [-0.39, 0.29) is 18.0 Å². The summed E-state index contributed by atoms with van der Waals surface area (Å²) in [6.45, 7) is 0. The monoisotopic (exact) mass is 383 g/mol. The second-order valence-electron chi connectivity index (χ2n) is 7.46. The number of urea groups is 1. The van der Waals surface area contributed by atoms with Crippen molar-refractivity contribution in [3.63, 3.8) is 0 Å². The van der Waals surface area contributed by atoms with Crippen molar-refractivity contribution in [2.45, 2.75) is 50.6 Å². The molecular weight excluding hydrogens is 358 g/mol. The Balaban J connectivity index is 1.39. The van der Waals surface area contributed by atoms with Gasteiger partial charge in [0.1, 0.15) is 0 Å². The fourth-order valence-corrected chi connectivity index (χ4v) is 4.56. The SMILES string of the molecule is O=C(Nc1ccc(C(=O)NC(c2cccs2)C2CCCC2)cc1)NC1CC1. The molecule has 1 heterocycles. The summed E-state index contributed by atoms with van der Waals surface area (Å²) in [7, 11) is 0. The quantitative estimate of drug-likeness (QED) is 0.677. The lowest BCUT2D eigenvalue weighted by Crippen LogP contribution is -2.32. The maximum atomic E-state index is 12.8. The Morgan fingerprint density at radius 2 is 1.74 bits per heavy atom. The van der Waals surface area contributed by atoms with Gasteiger partial charge in [-0.05, 0) is 67.3 Å². The minimum absolute atomic E-state index is 0.0609. The van der Waals surface area contributed by atoms with Gasteiger partial charge in [0.25, 0.3) is 5.91 Å². The molecule has 27 heavy (non-hydrogen) atoms. The molecule has 3 amide bonds. The first kappa shape index (κ1) is 18.0. The molecule has 1 unspecified atom stereocenters. The van der Waals surface area contributed by atoms with Crippen LogP contribution in [0.2, 0.25) is 0 Å². The van der Waals surface area contributed by atoms with E-state index in [1.807, 2.05) is 6.07 Å². The van der Waals surface area contributed by atoms with Gasteiger partial charge in [-0.3, -0.25) is 4.79 Å². The Kier molecular flexibility index (Phi) is 5.43. The molecule has 4 rings (SSSR count). The average molecular weight is 384 g/mol. The Bertz CT molecular complexity index is 778. The van der Waals surface area contributed by atoms with E-state index in [9.17, 15) is 9.59 Å². The molecule has 0 spiro atoms. The number of nitrogens with one attached hydrogen (secondary N) is 3. The summed E-state index contributed by atoms with van der Waals surface area (Å²) in [6.07, 6.45) is 6.93. The van der Waals surface area contributed by atoms with Gasteiger partial charge in [-0.2, -0.15) is 0 Å². The van der Waals surface area contributed by atoms with E-state index in [0.717, 1.165) is 12.8 Å². The molecule has 0 saturated heterocycles. The van der Waals surface area contributed by atoms with Crippen LogP contribution in [-0.4, -0.2) is 18.0 Å². The van der Waals surface area contributed by atoms with Crippen molar-refractivity contribution < 1.29 is 9.59 Å². The third-order valence-corrected chi connectivity index (χ3v) is 6.28. The fourth-order valence-electron chi connectivity index (χ4n) is 3.69. The smallest absolute Gasteiger partial charge is 0.319 e. The zero-order valence-corrected chi connectivity index (χ0v) is 16.1. The maximum Gasteiger partial charge on any atom is 0.319 e. The normalized spacial score (nSPS) is 18.1. The Labute approximate surface area is 163 Å². The van der Waals surface area contributed by atoms with Crippen LogP contribution in [0.4, 0.5) is 10.5 Å². The maximum absolute atomic E-state index is 12.8. The Morgan fingerprint density at radius 3 is 2.37 bits per heavy atom. The standard InChI is InChI=1S/C21H25N3O2S/c25-20(24-19(14-4-1-2-5-14)18-6-3-13-27-18)15-7-9-16(10-8-15)22-21(26)23-17-11-12-17/h3,6-10,13-14,17,19H,1-2,4-5,11-12H2,(H,24,25)(H2,22,23,26). The highest BCUT2D eigenvalue weighted by Crippen LogP contribution is 2.37. The van der Waals surface area contributed by atoms with E-state index in [0.29, 0.717) is 23.2 Å². The van der Waals surface area contributed by atoms with Gasteiger partial charge >= 0.3 is 6.03 Å². The Hall–Kier alpha value is -2.34. The van der Waals surface area contributed by atoms with Gasteiger partial charge in [-0.15, -0.1) is 11.3 Å². The molecule has 2 saturated carbocycles. The third-order valence-electron chi connectivity index (χ3n) is 5.33. The molecule has 3 N–H and O–H groups in total. The van der Waals surface area contributed by atoms with Crippen LogP contribution in [0.15, 0.2) is 41.8 Å². The number of carbonyl (C=O) groups is 2. The highest BCUT2D eigenvalue weighted by molar-refractivity contribution is 7.10. The number of amides is 3. The van der Waals surface area contributed by atoms with Gasteiger partial charge in [-0.1, -0.05) is 18.9 Å².